The van der Waals surface area contributed by atoms with Gasteiger partial charge in [0, 0.05) is 24.7 Å². The molecule has 1 N–H and O–H groups in total. The number of H-pyrrole nitrogens is 1. The van der Waals surface area contributed by atoms with E-state index in [0.29, 0.717) is 5.39 Å². The molecule has 20 heavy (non-hydrogen) atoms. The van der Waals surface area contributed by atoms with Gasteiger partial charge in [-0.15, -0.1) is 0 Å². The van der Waals surface area contributed by atoms with E-state index >= 15 is 0 Å². The van der Waals surface area contributed by atoms with E-state index in [9.17, 15) is 4.79 Å². The zero-order chi connectivity index (χ0) is 14.3. The van der Waals surface area contributed by atoms with Crippen LogP contribution in [0.2, 0.25) is 0 Å². The standard InChI is InChI=1S/C15H16N4O/c1-9(2)14-17-13-5-4-10(6-12(13)15(20)18-14)11-7-16-19(3)8-11/h4-9H,1-3H3,(H,17,18,20). The van der Waals surface area contributed by atoms with Crippen LogP contribution < -0.4 is 5.56 Å². The SMILES string of the molecule is CC(C)c1nc2ccc(-c3cnn(C)c3)cc2c(=O)[nH]1. The van der Waals surface area contributed by atoms with Gasteiger partial charge in [0.25, 0.3) is 5.56 Å². The van der Waals surface area contributed by atoms with Crippen molar-refractivity contribution in [2.75, 3.05) is 0 Å². The van der Waals surface area contributed by atoms with Gasteiger partial charge in [0.2, 0.25) is 0 Å². The van der Waals surface area contributed by atoms with E-state index in [1.165, 1.54) is 0 Å². The first-order valence-corrected chi connectivity index (χ1v) is 6.57. The summed E-state index contributed by atoms with van der Waals surface area (Å²) in [7, 11) is 1.87. The second-order valence-electron chi connectivity index (χ2n) is 5.24. The Kier molecular flexibility index (Phi) is 2.89. The Bertz CT molecular complexity index is 829. The van der Waals surface area contributed by atoms with Gasteiger partial charge in [-0.1, -0.05) is 19.9 Å². The Labute approximate surface area is 116 Å². The number of aromatic nitrogens is 4. The fourth-order valence-electron chi connectivity index (χ4n) is 2.18. The van der Waals surface area contributed by atoms with Crippen molar-refractivity contribution in [3.05, 3.63) is 46.8 Å². The number of rotatable bonds is 2. The Morgan fingerprint density at radius 2 is 2.05 bits per heavy atom. The molecule has 0 spiro atoms. The molecule has 0 fully saturated rings. The molecule has 1 aromatic carbocycles. The van der Waals surface area contributed by atoms with Crippen molar-refractivity contribution in [3.8, 4) is 11.1 Å². The van der Waals surface area contributed by atoms with Crippen molar-refractivity contribution in [1.82, 2.24) is 19.7 Å². The molecule has 102 valence electrons. The Balaban J connectivity index is 2.19. The predicted molar refractivity (Wildman–Crippen MR) is 78.7 cm³/mol. The molecule has 0 saturated carbocycles. The van der Waals surface area contributed by atoms with Crippen LogP contribution >= 0.6 is 0 Å². The summed E-state index contributed by atoms with van der Waals surface area (Å²) in [5.41, 5.74) is 2.59. The molecular weight excluding hydrogens is 252 g/mol. The van der Waals surface area contributed by atoms with E-state index in [1.807, 2.05) is 45.3 Å². The first-order chi connectivity index (χ1) is 9.54. The summed E-state index contributed by atoms with van der Waals surface area (Å²) in [6, 6.07) is 5.72. The highest BCUT2D eigenvalue weighted by atomic mass is 16.1. The van der Waals surface area contributed by atoms with Crippen molar-refractivity contribution >= 4 is 10.9 Å². The van der Waals surface area contributed by atoms with E-state index in [1.54, 1.807) is 10.9 Å². The van der Waals surface area contributed by atoms with E-state index in [4.69, 9.17) is 0 Å². The van der Waals surface area contributed by atoms with Gasteiger partial charge in [0.15, 0.2) is 0 Å². The molecule has 0 aliphatic heterocycles. The molecule has 5 heteroatoms. The molecule has 0 unspecified atom stereocenters. The number of hydrogen-bond donors (Lipinski definition) is 1. The molecule has 0 radical (unpaired) electrons. The number of hydrogen-bond acceptors (Lipinski definition) is 3. The van der Waals surface area contributed by atoms with E-state index in [2.05, 4.69) is 15.1 Å². The molecule has 5 nitrogen and oxygen atoms in total. The summed E-state index contributed by atoms with van der Waals surface area (Å²) in [6.07, 6.45) is 3.70. The second-order valence-corrected chi connectivity index (χ2v) is 5.24. The number of aryl methyl sites for hydroxylation is 1. The minimum atomic E-state index is -0.0931. The highest BCUT2D eigenvalue weighted by Crippen LogP contribution is 2.22. The summed E-state index contributed by atoms with van der Waals surface area (Å²) in [5, 5.41) is 4.76. The van der Waals surface area contributed by atoms with Crippen LogP contribution in [0.3, 0.4) is 0 Å². The zero-order valence-electron chi connectivity index (χ0n) is 11.7. The van der Waals surface area contributed by atoms with Crippen LogP contribution in [-0.2, 0) is 7.05 Å². The van der Waals surface area contributed by atoms with Gasteiger partial charge in [-0.25, -0.2) is 4.98 Å². The van der Waals surface area contributed by atoms with Crippen LogP contribution in [0.5, 0.6) is 0 Å². The Hall–Kier alpha value is -2.43. The molecule has 2 heterocycles. The van der Waals surface area contributed by atoms with Gasteiger partial charge >= 0.3 is 0 Å². The average Bonchev–Trinajstić information content (AvgIpc) is 2.85. The summed E-state index contributed by atoms with van der Waals surface area (Å²) < 4.78 is 1.74. The molecule has 0 aliphatic rings. The van der Waals surface area contributed by atoms with Crippen molar-refractivity contribution in [2.45, 2.75) is 19.8 Å². The summed E-state index contributed by atoms with van der Waals surface area (Å²) in [6.45, 7) is 4.02. The maximum atomic E-state index is 12.2. The number of fused-ring (bicyclic) bond motifs is 1. The maximum absolute atomic E-state index is 12.2. The van der Waals surface area contributed by atoms with Crippen LogP contribution in [0, 0.1) is 0 Å². The molecule has 2 aromatic heterocycles. The van der Waals surface area contributed by atoms with Crippen molar-refractivity contribution in [2.24, 2.45) is 7.05 Å². The lowest BCUT2D eigenvalue weighted by molar-refractivity contribution is 0.768. The first kappa shape index (κ1) is 12.6. The third-order valence-corrected chi connectivity index (χ3v) is 3.31. The van der Waals surface area contributed by atoms with Crippen LogP contribution in [0.4, 0.5) is 0 Å². The Morgan fingerprint density at radius 1 is 1.25 bits per heavy atom. The first-order valence-electron chi connectivity index (χ1n) is 6.57. The molecule has 0 atom stereocenters. The molecule has 3 aromatic rings. The van der Waals surface area contributed by atoms with Gasteiger partial charge in [0.05, 0.1) is 17.1 Å². The molecule has 0 aliphatic carbocycles. The molecular formula is C15H16N4O. The lowest BCUT2D eigenvalue weighted by Gasteiger charge is -2.06. The normalized spacial score (nSPS) is 11.4. The van der Waals surface area contributed by atoms with Gasteiger partial charge < -0.3 is 4.98 Å². The lowest BCUT2D eigenvalue weighted by atomic mass is 10.1. The topological polar surface area (TPSA) is 63.6 Å². The smallest absolute Gasteiger partial charge is 0.258 e. The van der Waals surface area contributed by atoms with E-state index in [-0.39, 0.29) is 11.5 Å². The quantitative estimate of drug-likeness (QED) is 0.776. The van der Waals surface area contributed by atoms with Crippen molar-refractivity contribution in [1.29, 1.82) is 0 Å². The van der Waals surface area contributed by atoms with Crippen molar-refractivity contribution < 1.29 is 0 Å². The van der Waals surface area contributed by atoms with Crippen molar-refractivity contribution in [3.63, 3.8) is 0 Å². The summed E-state index contributed by atoms with van der Waals surface area (Å²) in [5.74, 6) is 0.918. The van der Waals surface area contributed by atoms with Gasteiger partial charge in [-0.3, -0.25) is 9.48 Å². The third kappa shape index (κ3) is 2.11. The third-order valence-electron chi connectivity index (χ3n) is 3.31. The minimum Gasteiger partial charge on any atom is -0.310 e. The second kappa shape index (κ2) is 4.59. The number of nitrogens with zero attached hydrogens (tertiary/aromatic N) is 3. The Morgan fingerprint density at radius 3 is 2.70 bits per heavy atom. The summed E-state index contributed by atoms with van der Waals surface area (Å²) >= 11 is 0. The van der Waals surface area contributed by atoms with Crippen LogP contribution in [0.15, 0.2) is 35.4 Å². The number of nitrogens with one attached hydrogen (secondary N) is 1. The summed E-state index contributed by atoms with van der Waals surface area (Å²) in [4.78, 5) is 19.5. The largest absolute Gasteiger partial charge is 0.310 e. The zero-order valence-corrected chi connectivity index (χ0v) is 11.7. The fourth-order valence-corrected chi connectivity index (χ4v) is 2.18. The molecule has 3 rings (SSSR count). The maximum Gasteiger partial charge on any atom is 0.258 e. The van der Waals surface area contributed by atoms with Gasteiger partial charge in [-0.05, 0) is 17.7 Å². The molecule has 0 saturated heterocycles. The van der Waals surface area contributed by atoms with Gasteiger partial charge in [-0.2, -0.15) is 5.10 Å². The molecule has 0 amide bonds. The monoisotopic (exact) mass is 268 g/mol. The fraction of sp³-hybridized carbons (Fsp3) is 0.267. The number of benzene rings is 1. The lowest BCUT2D eigenvalue weighted by Crippen LogP contribution is -2.12. The number of aromatic amines is 1. The van der Waals surface area contributed by atoms with E-state index in [0.717, 1.165) is 22.5 Å². The highest BCUT2D eigenvalue weighted by molar-refractivity contribution is 5.83. The van der Waals surface area contributed by atoms with E-state index < -0.39 is 0 Å². The predicted octanol–water partition coefficient (Wildman–Crippen LogP) is 2.45. The van der Waals surface area contributed by atoms with Crippen LogP contribution in [-0.4, -0.2) is 19.7 Å². The average molecular weight is 268 g/mol. The van der Waals surface area contributed by atoms with Crippen LogP contribution in [0.1, 0.15) is 25.6 Å². The molecule has 0 bridgehead atoms. The highest BCUT2D eigenvalue weighted by Gasteiger charge is 2.09. The minimum absolute atomic E-state index is 0.0931. The van der Waals surface area contributed by atoms with Gasteiger partial charge in [0.1, 0.15) is 5.82 Å². The van der Waals surface area contributed by atoms with Crippen LogP contribution in [0.25, 0.3) is 22.0 Å².